The maximum Gasteiger partial charge on any atom is 0.141 e. The van der Waals surface area contributed by atoms with Gasteiger partial charge in [0.2, 0.25) is 0 Å². The average Bonchev–Trinajstić information content (AvgIpc) is 2.79. The summed E-state index contributed by atoms with van der Waals surface area (Å²) in [6, 6.07) is 0. The molecule has 3 heterocycles. The zero-order valence-electron chi connectivity index (χ0n) is 11.1. The minimum absolute atomic E-state index is 0.0479. The number of thiophene rings is 1. The van der Waals surface area contributed by atoms with E-state index in [9.17, 15) is 5.11 Å². The summed E-state index contributed by atoms with van der Waals surface area (Å²) < 4.78 is 5.50. The van der Waals surface area contributed by atoms with Gasteiger partial charge in [-0.05, 0) is 24.8 Å². The molecule has 2 aromatic heterocycles. The van der Waals surface area contributed by atoms with E-state index in [1.165, 1.54) is 5.56 Å². The summed E-state index contributed by atoms with van der Waals surface area (Å²) >= 11 is 1.65. The normalized spacial score (nSPS) is 20.2. The van der Waals surface area contributed by atoms with Gasteiger partial charge in [0.1, 0.15) is 16.5 Å². The third-order valence-corrected chi connectivity index (χ3v) is 4.34. The highest BCUT2D eigenvalue weighted by molar-refractivity contribution is 7.17. The van der Waals surface area contributed by atoms with Crippen molar-refractivity contribution >= 4 is 27.4 Å². The minimum Gasteiger partial charge on any atom is -0.394 e. The van der Waals surface area contributed by atoms with Gasteiger partial charge in [0.25, 0.3) is 0 Å². The van der Waals surface area contributed by atoms with E-state index < -0.39 is 0 Å². The molecule has 1 unspecified atom stereocenters. The summed E-state index contributed by atoms with van der Waals surface area (Å²) in [5, 5.41) is 12.5. The highest BCUT2D eigenvalue weighted by Crippen LogP contribution is 2.32. The highest BCUT2D eigenvalue weighted by atomic mass is 32.1. The maximum absolute atomic E-state index is 9.26. The quantitative estimate of drug-likeness (QED) is 0.903. The second-order valence-electron chi connectivity index (χ2n) is 4.81. The Bertz CT molecular complexity index is 599. The number of hydrogen-bond donors (Lipinski definition) is 1. The van der Waals surface area contributed by atoms with E-state index in [-0.39, 0.29) is 12.7 Å². The molecule has 1 N–H and O–H groups in total. The number of aliphatic hydroxyl groups is 1. The van der Waals surface area contributed by atoms with Crippen molar-refractivity contribution in [2.75, 3.05) is 31.2 Å². The lowest BCUT2D eigenvalue weighted by Gasteiger charge is -2.33. The van der Waals surface area contributed by atoms with E-state index in [1.54, 1.807) is 11.3 Å². The smallest absolute Gasteiger partial charge is 0.141 e. The summed E-state index contributed by atoms with van der Waals surface area (Å²) in [5.41, 5.74) is 1.21. The zero-order chi connectivity index (χ0) is 13.4. The van der Waals surface area contributed by atoms with E-state index in [0.29, 0.717) is 13.2 Å². The predicted octanol–water partition coefficient (Wildman–Crippen LogP) is 1.51. The first-order valence-electron chi connectivity index (χ1n) is 6.39. The van der Waals surface area contributed by atoms with Gasteiger partial charge < -0.3 is 14.7 Å². The molecular formula is C13H17N3O2S. The van der Waals surface area contributed by atoms with Crippen molar-refractivity contribution < 1.29 is 9.84 Å². The lowest BCUT2D eigenvalue weighted by Crippen LogP contribution is -2.44. The fourth-order valence-corrected chi connectivity index (χ4v) is 3.38. The zero-order valence-corrected chi connectivity index (χ0v) is 11.9. The van der Waals surface area contributed by atoms with Crippen LogP contribution in [0.25, 0.3) is 10.2 Å². The number of nitrogens with zero attached hydrogens (tertiary/aromatic N) is 3. The topological polar surface area (TPSA) is 58.5 Å². The molecule has 1 fully saturated rings. The monoisotopic (exact) mass is 279 g/mol. The standard InChI is InChI=1S/C13H17N3O2S/c1-8-7-19-13-11(8)12(14-9(2)15-13)16-3-4-18-10(5-16)6-17/h7,10,17H,3-6H2,1-2H3. The van der Waals surface area contributed by atoms with Gasteiger partial charge in [0.15, 0.2) is 0 Å². The first kappa shape index (κ1) is 12.8. The molecule has 1 atom stereocenters. The van der Waals surface area contributed by atoms with Crippen LogP contribution in [-0.2, 0) is 4.74 Å². The van der Waals surface area contributed by atoms with Crippen molar-refractivity contribution in [3.63, 3.8) is 0 Å². The SMILES string of the molecule is Cc1nc(N2CCOC(CO)C2)c2c(C)csc2n1. The molecular weight excluding hydrogens is 262 g/mol. The molecule has 102 valence electrons. The van der Waals surface area contributed by atoms with Gasteiger partial charge in [-0.3, -0.25) is 0 Å². The van der Waals surface area contributed by atoms with Crippen molar-refractivity contribution in [2.45, 2.75) is 20.0 Å². The second kappa shape index (κ2) is 5.03. The largest absolute Gasteiger partial charge is 0.394 e. The molecule has 3 rings (SSSR count). The number of morpholine rings is 1. The third kappa shape index (κ3) is 2.31. The van der Waals surface area contributed by atoms with Gasteiger partial charge in [0.05, 0.1) is 24.7 Å². The van der Waals surface area contributed by atoms with Crippen LogP contribution >= 0.6 is 11.3 Å². The van der Waals surface area contributed by atoms with Gasteiger partial charge in [0, 0.05) is 13.1 Å². The average molecular weight is 279 g/mol. The summed E-state index contributed by atoms with van der Waals surface area (Å²) in [4.78, 5) is 12.3. The number of hydrogen-bond acceptors (Lipinski definition) is 6. The van der Waals surface area contributed by atoms with Crippen molar-refractivity contribution in [3.8, 4) is 0 Å². The molecule has 0 bridgehead atoms. The molecule has 0 amide bonds. The van der Waals surface area contributed by atoms with Gasteiger partial charge in [-0.2, -0.15) is 0 Å². The molecule has 0 spiro atoms. The van der Waals surface area contributed by atoms with Crippen LogP contribution in [0.5, 0.6) is 0 Å². The van der Waals surface area contributed by atoms with Gasteiger partial charge >= 0.3 is 0 Å². The summed E-state index contributed by atoms with van der Waals surface area (Å²) in [5.74, 6) is 1.76. The van der Waals surface area contributed by atoms with Crippen LogP contribution in [0, 0.1) is 13.8 Å². The molecule has 6 heteroatoms. The third-order valence-electron chi connectivity index (χ3n) is 3.35. The second-order valence-corrected chi connectivity index (χ2v) is 5.67. The number of anilines is 1. The summed E-state index contributed by atoms with van der Waals surface area (Å²) in [6.45, 7) is 6.16. The van der Waals surface area contributed by atoms with Crippen molar-refractivity contribution in [2.24, 2.45) is 0 Å². The molecule has 1 saturated heterocycles. The molecule has 0 aromatic carbocycles. The van der Waals surface area contributed by atoms with Gasteiger partial charge in [-0.25, -0.2) is 9.97 Å². The van der Waals surface area contributed by atoms with Crippen molar-refractivity contribution in [1.82, 2.24) is 9.97 Å². The van der Waals surface area contributed by atoms with Crippen LogP contribution in [0.1, 0.15) is 11.4 Å². The lowest BCUT2D eigenvalue weighted by atomic mass is 10.2. The number of ether oxygens (including phenoxy) is 1. The Hall–Kier alpha value is -1.24. The van der Waals surface area contributed by atoms with Crippen LogP contribution < -0.4 is 4.90 Å². The van der Waals surface area contributed by atoms with Crippen molar-refractivity contribution in [1.29, 1.82) is 0 Å². The Morgan fingerprint density at radius 2 is 2.32 bits per heavy atom. The van der Waals surface area contributed by atoms with Gasteiger partial charge in [-0.15, -0.1) is 11.3 Å². The number of fused-ring (bicyclic) bond motifs is 1. The van der Waals surface area contributed by atoms with Crippen LogP contribution in [0.3, 0.4) is 0 Å². The molecule has 1 aliphatic rings. The fourth-order valence-electron chi connectivity index (χ4n) is 2.42. The lowest BCUT2D eigenvalue weighted by molar-refractivity contribution is 0.00343. The Morgan fingerprint density at radius 1 is 1.47 bits per heavy atom. The molecule has 1 aliphatic heterocycles. The first-order chi connectivity index (χ1) is 9.19. The Labute approximate surface area is 115 Å². The molecule has 5 nitrogen and oxygen atoms in total. The fraction of sp³-hybridized carbons (Fsp3) is 0.538. The van der Waals surface area contributed by atoms with E-state index in [0.717, 1.165) is 28.4 Å². The Morgan fingerprint density at radius 3 is 3.11 bits per heavy atom. The molecule has 0 saturated carbocycles. The number of aromatic nitrogens is 2. The maximum atomic E-state index is 9.26. The minimum atomic E-state index is -0.127. The van der Waals surface area contributed by atoms with E-state index in [2.05, 4.69) is 27.2 Å². The number of aryl methyl sites for hydroxylation is 2. The summed E-state index contributed by atoms with van der Waals surface area (Å²) in [7, 11) is 0. The molecule has 0 aliphatic carbocycles. The first-order valence-corrected chi connectivity index (χ1v) is 7.27. The van der Waals surface area contributed by atoms with E-state index in [1.807, 2.05) is 6.92 Å². The predicted molar refractivity (Wildman–Crippen MR) is 75.9 cm³/mol. The van der Waals surface area contributed by atoms with Crippen LogP contribution in [0.15, 0.2) is 5.38 Å². The van der Waals surface area contributed by atoms with Crippen LogP contribution in [0.2, 0.25) is 0 Å². The van der Waals surface area contributed by atoms with Crippen LogP contribution in [0.4, 0.5) is 5.82 Å². The molecule has 2 aromatic rings. The Kier molecular flexibility index (Phi) is 3.38. The highest BCUT2D eigenvalue weighted by Gasteiger charge is 2.23. The van der Waals surface area contributed by atoms with E-state index >= 15 is 0 Å². The molecule has 0 radical (unpaired) electrons. The van der Waals surface area contributed by atoms with Crippen molar-refractivity contribution in [3.05, 3.63) is 16.8 Å². The number of rotatable bonds is 2. The Balaban J connectivity index is 2.05. The summed E-state index contributed by atoms with van der Waals surface area (Å²) in [6.07, 6.45) is -0.127. The number of aliphatic hydroxyl groups excluding tert-OH is 1. The van der Waals surface area contributed by atoms with E-state index in [4.69, 9.17) is 4.74 Å². The molecule has 19 heavy (non-hydrogen) atoms. The van der Waals surface area contributed by atoms with Crippen LogP contribution in [-0.4, -0.2) is 47.5 Å². The van der Waals surface area contributed by atoms with Gasteiger partial charge in [-0.1, -0.05) is 0 Å².